The van der Waals surface area contributed by atoms with Gasteiger partial charge in [0.2, 0.25) is 0 Å². The van der Waals surface area contributed by atoms with Crippen LogP contribution in [0, 0.1) is 0 Å². The molecule has 13 heavy (non-hydrogen) atoms. The first-order chi connectivity index (χ1) is 6.33. The normalized spacial score (nSPS) is 28.2. The quantitative estimate of drug-likeness (QED) is 0.572. The zero-order chi connectivity index (χ0) is 9.52. The van der Waals surface area contributed by atoms with Crippen molar-refractivity contribution in [3.8, 4) is 0 Å². The third-order valence-electron chi connectivity index (χ3n) is 2.24. The molecule has 4 heteroatoms. The average Bonchev–Trinajstić information content (AvgIpc) is 2.51. The van der Waals surface area contributed by atoms with Crippen LogP contribution in [0.4, 0.5) is 0 Å². The van der Waals surface area contributed by atoms with E-state index in [1.807, 2.05) is 0 Å². The minimum Gasteiger partial charge on any atom is -0.394 e. The molecule has 1 rings (SSSR count). The van der Waals surface area contributed by atoms with Crippen LogP contribution < -0.4 is 5.73 Å². The molecule has 0 aromatic rings. The number of nitrogens with two attached hydrogens (primary N) is 1. The van der Waals surface area contributed by atoms with E-state index in [0.29, 0.717) is 32.0 Å². The number of rotatable bonds is 6. The van der Waals surface area contributed by atoms with Crippen LogP contribution in [0.15, 0.2) is 0 Å². The Morgan fingerprint density at radius 1 is 1.23 bits per heavy atom. The third-order valence-corrected chi connectivity index (χ3v) is 2.24. The van der Waals surface area contributed by atoms with Gasteiger partial charge in [-0.05, 0) is 19.3 Å². The van der Waals surface area contributed by atoms with E-state index >= 15 is 0 Å². The van der Waals surface area contributed by atoms with E-state index in [9.17, 15) is 0 Å². The van der Waals surface area contributed by atoms with Crippen LogP contribution in [0.3, 0.4) is 0 Å². The van der Waals surface area contributed by atoms with E-state index in [1.54, 1.807) is 0 Å². The molecule has 1 aliphatic rings. The highest BCUT2D eigenvalue weighted by molar-refractivity contribution is 4.77. The van der Waals surface area contributed by atoms with Crippen molar-refractivity contribution < 1.29 is 14.6 Å². The van der Waals surface area contributed by atoms with Crippen molar-refractivity contribution in [1.29, 1.82) is 0 Å². The molecule has 0 aromatic carbocycles. The SMILES string of the molecule is NC1CCC(OCCOCCO)C1. The summed E-state index contributed by atoms with van der Waals surface area (Å²) in [5.41, 5.74) is 5.73. The molecule has 0 spiro atoms. The van der Waals surface area contributed by atoms with Gasteiger partial charge in [-0.1, -0.05) is 0 Å². The van der Waals surface area contributed by atoms with Crippen molar-refractivity contribution in [3.05, 3.63) is 0 Å². The highest BCUT2D eigenvalue weighted by Gasteiger charge is 2.21. The summed E-state index contributed by atoms with van der Waals surface area (Å²) >= 11 is 0. The monoisotopic (exact) mass is 189 g/mol. The van der Waals surface area contributed by atoms with Gasteiger partial charge < -0.3 is 20.3 Å². The summed E-state index contributed by atoms with van der Waals surface area (Å²) in [6.07, 6.45) is 3.44. The van der Waals surface area contributed by atoms with Gasteiger partial charge in [-0.25, -0.2) is 0 Å². The zero-order valence-electron chi connectivity index (χ0n) is 7.95. The second kappa shape index (κ2) is 6.32. The van der Waals surface area contributed by atoms with E-state index in [-0.39, 0.29) is 6.61 Å². The maximum absolute atomic E-state index is 8.43. The first-order valence-corrected chi connectivity index (χ1v) is 4.88. The lowest BCUT2D eigenvalue weighted by Gasteiger charge is -2.11. The molecule has 2 unspecified atom stereocenters. The van der Waals surface area contributed by atoms with Crippen molar-refractivity contribution in [3.63, 3.8) is 0 Å². The Morgan fingerprint density at radius 3 is 2.69 bits per heavy atom. The second-order valence-electron chi connectivity index (χ2n) is 3.40. The summed E-state index contributed by atoms with van der Waals surface area (Å²) in [7, 11) is 0. The Balaban J connectivity index is 1.88. The Labute approximate surface area is 79.0 Å². The lowest BCUT2D eigenvalue weighted by atomic mass is 10.3. The highest BCUT2D eigenvalue weighted by Crippen LogP contribution is 2.19. The first kappa shape index (κ1) is 10.9. The smallest absolute Gasteiger partial charge is 0.0704 e. The molecule has 0 heterocycles. The summed E-state index contributed by atoms with van der Waals surface area (Å²) in [6, 6.07) is 0.323. The van der Waals surface area contributed by atoms with Crippen LogP contribution in [-0.4, -0.2) is 43.7 Å². The van der Waals surface area contributed by atoms with E-state index < -0.39 is 0 Å². The summed E-state index contributed by atoms with van der Waals surface area (Å²) in [5.74, 6) is 0. The van der Waals surface area contributed by atoms with Gasteiger partial charge >= 0.3 is 0 Å². The molecule has 1 fully saturated rings. The van der Waals surface area contributed by atoms with Gasteiger partial charge in [-0.2, -0.15) is 0 Å². The Morgan fingerprint density at radius 2 is 2.08 bits per heavy atom. The molecule has 2 atom stereocenters. The lowest BCUT2D eigenvalue weighted by molar-refractivity contribution is 0.00000106. The van der Waals surface area contributed by atoms with Crippen LogP contribution in [-0.2, 0) is 9.47 Å². The standard InChI is InChI=1S/C9H19NO3/c10-8-1-2-9(7-8)13-6-5-12-4-3-11/h8-9,11H,1-7,10H2. The van der Waals surface area contributed by atoms with Gasteiger partial charge in [0.15, 0.2) is 0 Å². The van der Waals surface area contributed by atoms with Crippen molar-refractivity contribution in [2.45, 2.75) is 31.4 Å². The predicted molar refractivity (Wildman–Crippen MR) is 49.5 cm³/mol. The summed E-state index contributed by atoms with van der Waals surface area (Å²) < 4.78 is 10.6. The molecule has 78 valence electrons. The third kappa shape index (κ3) is 4.57. The van der Waals surface area contributed by atoms with E-state index in [0.717, 1.165) is 19.3 Å². The first-order valence-electron chi connectivity index (χ1n) is 4.88. The Bertz CT molecular complexity index is 132. The second-order valence-corrected chi connectivity index (χ2v) is 3.40. The molecule has 0 amide bonds. The number of aliphatic hydroxyl groups excluding tert-OH is 1. The highest BCUT2D eigenvalue weighted by atomic mass is 16.5. The molecule has 0 aromatic heterocycles. The largest absolute Gasteiger partial charge is 0.394 e. The van der Waals surface area contributed by atoms with Crippen LogP contribution in [0.5, 0.6) is 0 Å². The lowest BCUT2D eigenvalue weighted by Crippen LogP contribution is -2.19. The van der Waals surface area contributed by atoms with E-state index in [4.69, 9.17) is 20.3 Å². The molecule has 0 radical (unpaired) electrons. The number of aliphatic hydroxyl groups is 1. The van der Waals surface area contributed by atoms with Gasteiger partial charge in [0.05, 0.1) is 32.5 Å². The number of hydrogen-bond acceptors (Lipinski definition) is 4. The summed E-state index contributed by atoms with van der Waals surface area (Å²) in [4.78, 5) is 0. The molecular weight excluding hydrogens is 170 g/mol. The van der Waals surface area contributed by atoms with Gasteiger partial charge in [-0.3, -0.25) is 0 Å². The predicted octanol–water partition coefficient (Wildman–Crippen LogP) is -0.108. The van der Waals surface area contributed by atoms with Crippen molar-refractivity contribution >= 4 is 0 Å². The summed E-state index contributed by atoms with van der Waals surface area (Å²) in [5, 5.41) is 8.43. The average molecular weight is 189 g/mol. The van der Waals surface area contributed by atoms with Crippen molar-refractivity contribution in [1.82, 2.24) is 0 Å². The van der Waals surface area contributed by atoms with Crippen molar-refractivity contribution in [2.75, 3.05) is 26.4 Å². The van der Waals surface area contributed by atoms with Gasteiger partial charge in [-0.15, -0.1) is 0 Å². The Hall–Kier alpha value is -0.160. The molecule has 1 aliphatic carbocycles. The fraction of sp³-hybridized carbons (Fsp3) is 1.00. The number of hydrogen-bond donors (Lipinski definition) is 2. The minimum atomic E-state index is 0.0777. The van der Waals surface area contributed by atoms with Gasteiger partial charge in [0, 0.05) is 6.04 Å². The van der Waals surface area contributed by atoms with Crippen molar-refractivity contribution in [2.24, 2.45) is 5.73 Å². The van der Waals surface area contributed by atoms with Crippen LogP contribution in [0.25, 0.3) is 0 Å². The molecule has 3 N–H and O–H groups in total. The van der Waals surface area contributed by atoms with Crippen LogP contribution in [0.2, 0.25) is 0 Å². The number of ether oxygens (including phenoxy) is 2. The minimum absolute atomic E-state index is 0.0777. The molecule has 0 bridgehead atoms. The van der Waals surface area contributed by atoms with E-state index in [2.05, 4.69) is 0 Å². The van der Waals surface area contributed by atoms with Crippen LogP contribution in [0.1, 0.15) is 19.3 Å². The molecule has 0 saturated heterocycles. The Kier molecular flexibility index (Phi) is 5.31. The molecule has 0 aliphatic heterocycles. The molecular formula is C9H19NO3. The van der Waals surface area contributed by atoms with Gasteiger partial charge in [0.25, 0.3) is 0 Å². The topological polar surface area (TPSA) is 64.7 Å². The summed E-state index contributed by atoms with van der Waals surface area (Å²) in [6.45, 7) is 1.64. The fourth-order valence-corrected chi connectivity index (χ4v) is 1.57. The maximum Gasteiger partial charge on any atom is 0.0704 e. The zero-order valence-corrected chi connectivity index (χ0v) is 7.95. The van der Waals surface area contributed by atoms with E-state index in [1.165, 1.54) is 0 Å². The van der Waals surface area contributed by atoms with Gasteiger partial charge in [0.1, 0.15) is 0 Å². The molecule has 4 nitrogen and oxygen atoms in total. The van der Waals surface area contributed by atoms with Crippen LogP contribution >= 0.6 is 0 Å². The fourth-order valence-electron chi connectivity index (χ4n) is 1.57. The maximum atomic E-state index is 8.43. The molecule has 1 saturated carbocycles.